The lowest BCUT2D eigenvalue weighted by atomic mass is 10.0. The Labute approximate surface area is 133 Å². The largest absolute Gasteiger partial charge is 0.481 e. The van der Waals surface area contributed by atoms with Crippen molar-refractivity contribution in [2.75, 3.05) is 0 Å². The summed E-state index contributed by atoms with van der Waals surface area (Å²) in [4.78, 5) is 45.4. The molecule has 0 aliphatic carbocycles. The SMILES string of the molecule is CC(C)C(NC(=O)C(NC(=O)C(N)CC(=O)O)C(C)O)C(=O)O. The molecule has 10 heteroatoms. The number of amides is 2. The van der Waals surface area contributed by atoms with Crippen molar-refractivity contribution >= 4 is 23.8 Å². The molecule has 0 aromatic heterocycles. The van der Waals surface area contributed by atoms with Crippen LogP contribution in [0, 0.1) is 5.92 Å². The van der Waals surface area contributed by atoms with Crippen molar-refractivity contribution in [3.63, 3.8) is 0 Å². The Morgan fingerprint density at radius 2 is 1.43 bits per heavy atom. The molecule has 4 atom stereocenters. The van der Waals surface area contributed by atoms with Gasteiger partial charge < -0.3 is 31.7 Å². The average molecular weight is 333 g/mol. The molecule has 0 rings (SSSR count). The van der Waals surface area contributed by atoms with Crippen LogP contribution in [0.5, 0.6) is 0 Å². The van der Waals surface area contributed by atoms with Crippen LogP contribution in [0.3, 0.4) is 0 Å². The minimum atomic E-state index is -1.46. The minimum Gasteiger partial charge on any atom is -0.481 e. The quantitative estimate of drug-likeness (QED) is 0.277. The van der Waals surface area contributed by atoms with Crippen molar-refractivity contribution in [1.29, 1.82) is 0 Å². The van der Waals surface area contributed by atoms with Crippen molar-refractivity contribution in [2.24, 2.45) is 11.7 Å². The molecule has 0 radical (unpaired) electrons. The molecule has 0 spiro atoms. The van der Waals surface area contributed by atoms with E-state index in [0.717, 1.165) is 0 Å². The van der Waals surface area contributed by atoms with E-state index in [-0.39, 0.29) is 0 Å². The third-order valence-electron chi connectivity index (χ3n) is 3.02. The van der Waals surface area contributed by atoms with Crippen LogP contribution in [0.4, 0.5) is 0 Å². The summed E-state index contributed by atoms with van der Waals surface area (Å²) in [6.07, 6.45) is -1.98. The molecule has 4 unspecified atom stereocenters. The summed E-state index contributed by atoms with van der Waals surface area (Å²) in [5.74, 6) is -4.82. The maximum atomic E-state index is 12.1. The van der Waals surface area contributed by atoms with Crippen LogP contribution in [0.1, 0.15) is 27.2 Å². The summed E-state index contributed by atoms with van der Waals surface area (Å²) in [5, 5.41) is 31.5. The Morgan fingerprint density at radius 1 is 0.957 bits per heavy atom. The van der Waals surface area contributed by atoms with Crippen molar-refractivity contribution in [3.05, 3.63) is 0 Å². The fourth-order valence-electron chi connectivity index (χ4n) is 1.70. The number of rotatable bonds is 9. The molecule has 0 aromatic rings. The third kappa shape index (κ3) is 7.06. The zero-order chi connectivity index (χ0) is 18.3. The predicted molar refractivity (Wildman–Crippen MR) is 78.2 cm³/mol. The summed E-state index contributed by atoms with van der Waals surface area (Å²) in [7, 11) is 0. The first-order valence-electron chi connectivity index (χ1n) is 6.96. The van der Waals surface area contributed by atoms with E-state index >= 15 is 0 Å². The van der Waals surface area contributed by atoms with Gasteiger partial charge in [0.25, 0.3) is 0 Å². The van der Waals surface area contributed by atoms with Gasteiger partial charge in [0.05, 0.1) is 18.6 Å². The molecular weight excluding hydrogens is 310 g/mol. The predicted octanol–water partition coefficient (Wildman–Crippen LogP) is -2.12. The summed E-state index contributed by atoms with van der Waals surface area (Å²) >= 11 is 0. The normalized spacial score (nSPS) is 16.1. The van der Waals surface area contributed by atoms with Crippen LogP contribution in [0.15, 0.2) is 0 Å². The Kier molecular flexibility index (Phi) is 8.19. The van der Waals surface area contributed by atoms with Crippen LogP contribution in [0.2, 0.25) is 0 Å². The Bertz CT molecular complexity index is 464. The highest BCUT2D eigenvalue weighted by Gasteiger charge is 2.32. The topological polar surface area (TPSA) is 179 Å². The van der Waals surface area contributed by atoms with Gasteiger partial charge in [0.1, 0.15) is 12.1 Å². The maximum absolute atomic E-state index is 12.1. The number of nitrogens with one attached hydrogen (secondary N) is 2. The fraction of sp³-hybridized carbons (Fsp3) is 0.692. The molecule has 7 N–H and O–H groups in total. The van der Waals surface area contributed by atoms with Gasteiger partial charge >= 0.3 is 11.9 Å². The third-order valence-corrected chi connectivity index (χ3v) is 3.02. The van der Waals surface area contributed by atoms with Gasteiger partial charge in [0.2, 0.25) is 11.8 Å². The molecule has 0 aliphatic rings. The molecule has 0 fully saturated rings. The lowest BCUT2D eigenvalue weighted by Crippen LogP contribution is -2.59. The molecule has 0 aliphatic heterocycles. The molecular formula is C13H23N3O7. The second-order valence-corrected chi connectivity index (χ2v) is 5.50. The number of carboxylic acid groups (broad SMARTS) is 2. The number of nitrogens with two attached hydrogens (primary N) is 1. The van der Waals surface area contributed by atoms with Gasteiger partial charge in [-0.05, 0) is 12.8 Å². The number of carbonyl (C=O) groups excluding carboxylic acids is 2. The summed E-state index contributed by atoms with van der Waals surface area (Å²) < 4.78 is 0. The molecule has 23 heavy (non-hydrogen) atoms. The number of aliphatic carboxylic acids is 2. The van der Waals surface area contributed by atoms with Gasteiger partial charge in [-0.15, -0.1) is 0 Å². The smallest absolute Gasteiger partial charge is 0.326 e. The fourth-order valence-corrected chi connectivity index (χ4v) is 1.70. The van der Waals surface area contributed by atoms with Crippen molar-refractivity contribution in [1.82, 2.24) is 10.6 Å². The lowest BCUT2D eigenvalue weighted by Gasteiger charge is -2.25. The average Bonchev–Trinajstić information content (AvgIpc) is 2.39. The van der Waals surface area contributed by atoms with Gasteiger partial charge in [-0.3, -0.25) is 14.4 Å². The van der Waals surface area contributed by atoms with Crippen LogP contribution in [-0.2, 0) is 19.2 Å². The molecule has 0 bridgehead atoms. The highest BCUT2D eigenvalue weighted by molar-refractivity contribution is 5.93. The summed E-state index contributed by atoms with van der Waals surface area (Å²) in [6, 6.07) is -4.06. The number of aliphatic hydroxyl groups excluding tert-OH is 1. The highest BCUT2D eigenvalue weighted by atomic mass is 16.4. The zero-order valence-electron chi connectivity index (χ0n) is 13.1. The highest BCUT2D eigenvalue weighted by Crippen LogP contribution is 2.04. The van der Waals surface area contributed by atoms with E-state index in [0.29, 0.717) is 0 Å². The number of hydrogen-bond acceptors (Lipinski definition) is 6. The Balaban J connectivity index is 4.97. The van der Waals surface area contributed by atoms with Gasteiger partial charge in [-0.2, -0.15) is 0 Å². The molecule has 0 saturated heterocycles. The van der Waals surface area contributed by atoms with Crippen LogP contribution >= 0.6 is 0 Å². The standard InChI is InChI=1S/C13H23N3O7/c1-5(2)9(13(22)23)15-12(21)10(6(3)17)16-11(20)7(14)4-8(18)19/h5-7,9-10,17H,4,14H2,1-3H3,(H,15,21)(H,16,20)(H,18,19)(H,22,23). The van der Waals surface area contributed by atoms with E-state index in [1.54, 1.807) is 13.8 Å². The number of carbonyl (C=O) groups is 4. The molecule has 2 amide bonds. The summed E-state index contributed by atoms with van der Waals surface area (Å²) in [5.41, 5.74) is 5.36. The van der Waals surface area contributed by atoms with Gasteiger partial charge in [0.15, 0.2) is 0 Å². The minimum absolute atomic E-state index is 0.420. The lowest BCUT2D eigenvalue weighted by molar-refractivity contribution is -0.144. The first kappa shape index (κ1) is 20.8. The van der Waals surface area contributed by atoms with E-state index in [2.05, 4.69) is 10.6 Å². The second kappa shape index (κ2) is 9.06. The van der Waals surface area contributed by atoms with Crippen LogP contribution in [-0.4, -0.2) is 63.3 Å². The van der Waals surface area contributed by atoms with E-state index in [1.165, 1.54) is 6.92 Å². The van der Waals surface area contributed by atoms with Crippen LogP contribution < -0.4 is 16.4 Å². The molecule has 10 nitrogen and oxygen atoms in total. The first-order chi connectivity index (χ1) is 10.5. The van der Waals surface area contributed by atoms with E-state index < -0.39 is 60.3 Å². The van der Waals surface area contributed by atoms with E-state index in [9.17, 15) is 24.3 Å². The van der Waals surface area contributed by atoms with Crippen LogP contribution in [0.25, 0.3) is 0 Å². The maximum Gasteiger partial charge on any atom is 0.326 e. The Hall–Kier alpha value is -2.20. The molecule has 0 saturated carbocycles. The van der Waals surface area contributed by atoms with Crippen molar-refractivity contribution in [3.8, 4) is 0 Å². The van der Waals surface area contributed by atoms with Crippen molar-refractivity contribution < 1.29 is 34.5 Å². The number of carboxylic acids is 2. The molecule has 0 heterocycles. The molecule has 0 aromatic carbocycles. The van der Waals surface area contributed by atoms with Gasteiger partial charge in [-0.1, -0.05) is 13.8 Å². The first-order valence-corrected chi connectivity index (χ1v) is 6.96. The zero-order valence-corrected chi connectivity index (χ0v) is 13.1. The molecule has 132 valence electrons. The van der Waals surface area contributed by atoms with E-state index in [4.69, 9.17) is 15.9 Å². The monoisotopic (exact) mass is 333 g/mol. The van der Waals surface area contributed by atoms with Gasteiger partial charge in [-0.25, -0.2) is 4.79 Å². The number of hydrogen-bond donors (Lipinski definition) is 6. The van der Waals surface area contributed by atoms with E-state index in [1.807, 2.05) is 0 Å². The number of aliphatic hydroxyl groups is 1. The van der Waals surface area contributed by atoms with Crippen molar-refractivity contribution in [2.45, 2.75) is 51.4 Å². The Morgan fingerprint density at radius 3 is 1.78 bits per heavy atom. The second-order valence-electron chi connectivity index (χ2n) is 5.50. The van der Waals surface area contributed by atoms with Gasteiger partial charge in [0, 0.05) is 0 Å². The summed E-state index contributed by atoms with van der Waals surface area (Å²) in [6.45, 7) is 4.38.